The Balaban J connectivity index is 1.68. The smallest absolute Gasteiger partial charge is 0.159 e. The molecule has 0 radical (unpaired) electrons. The maximum Gasteiger partial charge on any atom is 0.159 e. The zero-order valence-electron chi connectivity index (χ0n) is 13.6. The molecule has 0 N–H and O–H groups in total. The van der Waals surface area contributed by atoms with Crippen LogP contribution < -0.4 is 0 Å². The number of hydrogen-bond acceptors (Lipinski definition) is 0. The fourth-order valence-corrected chi connectivity index (χ4v) is 3.11. The van der Waals surface area contributed by atoms with Crippen molar-refractivity contribution in [3.8, 4) is 23.0 Å². The highest BCUT2D eigenvalue weighted by Gasteiger charge is 2.17. The van der Waals surface area contributed by atoms with Crippen LogP contribution in [0.15, 0.2) is 55.1 Å². The molecule has 2 aromatic carbocycles. The minimum Gasteiger partial charge on any atom is -0.204 e. The van der Waals surface area contributed by atoms with Crippen molar-refractivity contribution in [2.24, 2.45) is 11.8 Å². The summed E-state index contributed by atoms with van der Waals surface area (Å²) >= 11 is 0. The van der Waals surface area contributed by atoms with Crippen LogP contribution in [0.25, 0.3) is 11.1 Å². The van der Waals surface area contributed by atoms with Crippen LogP contribution in [0.3, 0.4) is 0 Å². The first-order chi connectivity index (χ1) is 11.7. The molecule has 0 aromatic heterocycles. The van der Waals surface area contributed by atoms with Crippen molar-refractivity contribution in [2.75, 3.05) is 0 Å². The molecule has 0 nitrogen and oxygen atoms in total. The van der Waals surface area contributed by atoms with Gasteiger partial charge in [0.15, 0.2) is 11.6 Å². The molecule has 0 saturated heterocycles. The summed E-state index contributed by atoms with van der Waals surface area (Å²) in [5.41, 5.74) is 2.47. The van der Waals surface area contributed by atoms with Crippen molar-refractivity contribution >= 4 is 0 Å². The minimum absolute atomic E-state index is 0.465. The molecule has 2 aromatic rings. The van der Waals surface area contributed by atoms with Gasteiger partial charge in [-0.05, 0) is 67.0 Å². The molecule has 0 heterocycles. The molecular weight excluding hydrogens is 302 g/mol. The van der Waals surface area contributed by atoms with Gasteiger partial charge in [-0.3, -0.25) is 0 Å². The van der Waals surface area contributed by atoms with E-state index in [1.54, 1.807) is 6.07 Å². The van der Waals surface area contributed by atoms with Crippen molar-refractivity contribution in [2.45, 2.75) is 25.7 Å². The van der Waals surface area contributed by atoms with E-state index in [1.165, 1.54) is 18.9 Å². The molecule has 1 saturated carbocycles. The molecule has 1 fully saturated rings. The lowest BCUT2D eigenvalue weighted by Crippen LogP contribution is -2.11. The predicted octanol–water partition coefficient (Wildman–Crippen LogP) is 5.98. The predicted molar refractivity (Wildman–Crippen MR) is 94.3 cm³/mol. The van der Waals surface area contributed by atoms with Crippen LogP contribution >= 0.6 is 0 Å². The topological polar surface area (TPSA) is 0 Å². The minimum atomic E-state index is -0.827. The molecule has 122 valence electrons. The zero-order chi connectivity index (χ0) is 16.9. The van der Waals surface area contributed by atoms with Gasteiger partial charge in [0.2, 0.25) is 0 Å². The van der Waals surface area contributed by atoms with Crippen LogP contribution in [0, 0.1) is 35.3 Å². The Hall–Kier alpha value is -2.40. The summed E-state index contributed by atoms with van der Waals surface area (Å²) in [6, 6.07) is 11.6. The Morgan fingerprint density at radius 2 is 1.54 bits per heavy atom. The van der Waals surface area contributed by atoms with Gasteiger partial charge < -0.3 is 0 Å². The lowest BCUT2D eigenvalue weighted by Gasteiger charge is -2.22. The summed E-state index contributed by atoms with van der Waals surface area (Å²) in [4.78, 5) is 0. The van der Waals surface area contributed by atoms with E-state index in [0.717, 1.165) is 30.0 Å². The van der Waals surface area contributed by atoms with Crippen LogP contribution in [0.2, 0.25) is 0 Å². The van der Waals surface area contributed by atoms with E-state index < -0.39 is 11.6 Å². The highest BCUT2D eigenvalue weighted by molar-refractivity contribution is 5.64. The summed E-state index contributed by atoms with van der Waals surface area (Å²) in [5.74, 6) is 6.06. The lowest BCUT2D eigenvalue weighted by molar-refractivity contribution is 0.365. The van der Waals surface area contributed by atoms with E-state index in [-0.39, 0.29) is 0 Å². The molecular formula is C22H20F2. The van der Waals surface area contributed by atoms with Gasteiger partial charge >= 0.3 is 0 Å². The first-order valence-electron chi connectivity index (χ1n) is 8.35. The van der Waals surface area contributed by atoms with Gasteiger partial charge in [0.25, 0.3) is 0 Å². The SMILES string of the molecule is C=C[C@H]1CC[C@H](C#Cc2ccc(-c3ccc(F)c(F)c3)cc2)CC1. The van der Waals surface area contributed by atoms with Gasteiger partial charge in [-0.1, -0.05) is 36.1 Å². The fraction of sp³-hybridized carbons (Fsp3) is 0.273. The van der Waals surface area contributed by atoms with Crippen LogP contribution in [0.4, 0.5) is 8.78 Å². The van der Waals surface area contributed by atoms with Crippen molar-refractivity contribution in [3.63, 3.8) is 0 Å². The largest absolute Gasteiger partial charge is 0.204 e. The fourth-order valence-electron chi connectivity index (χ4n) is 3.11. The Labute approximate surface area is 142 Å². The van der Waals surface area contributed by atoms with Gasteiger partial charge in [0.05, 0.1) is 0 Å². The molecule has 1 aliphatic rings. The maximum absolute atomic E-state index is 13.3. The van der Waals surface area contributed by atoms with E-state index >= 15 is 0 Å². The van der Waals surface area contributed by atoms with E-state index in [4.69, 9.17) is 0 Å². The molecule has 24 heavy (non-hydrogen) atoms. The van der Waals surface area contributed by atoms with Gasteiger partial charge in [-0.15, -0.1) is 6.58 Å². The van der Waals surface area contributed by atoms with E-state index in [1.807, 2.05) is 24.3 Å². The Kier molecular flexibility index (Phi) is 5.11. The summed E-state index contributed by atoms with van der Waals surface area (Å²) < 4.78 is 26.3. The summed E-state index contributed by atoms with van der Waals surface area (Å²) in [7, 11) is 0. The van der Waals surface area contributed by atoms with Crippen molar-refractivity contribution in [1.29, 1.82) is 0 Å². The average molecular weight is 322 g/mol. The van der Waals surface area contributed by atoms with Crippen LogP contribution in [0.5, 0.6) is 0 Å². The van der Waals surface area contributed by atoms with E-state index in [2.05, 4.69) is 24.5 Å². The Morgan fingerprint density at radius 3 is 2.17 bits per heavy atom. The third-order valence-electron chi connectivity index (χ3n) is 4.66. The number of rotatable bonds is 2. The Morgan fingerprint density at radius 1 is 0.875 bits per heavy atom. The van der Waals surface area contributed by atoms with Crippen molar-refractivity contribution < 1.29 is 8.78 Å². The van der Waals surface area contributed by atoms with Gasteiger partial charge in [-0.2, -0.15) is 0 Å². The molecule has 1 aliphatic carbocycles. The van der Waals surface area contributed by atoms with Crippen LogP contribution in [-0.2, 0) is 0 Å². The summed E-state index contributed by atoms with van der Waals surface area (Å²) in [5, 5.41) is 0. The first-order valence-corrected chi connectivity index (χ1v) is 8.35. The number of benzene rings is 2. The second kappa shape index (κ2) is 7.45. The van der Waals surface area contributed by atoms with Gasteiger partial charge in [0.1, 0.15) is 0 Å². The number of hydrogen-bond donors (Lipinski definition) is 0. The van der Waals surface area contributed by atoms with E-state index in [9.17, 15) is 8.78 Å². The van der Waals surface area contributed by atoms with Crippen LogP contribution in [-0.4, -0.2) is 0 Å². The number of allylic oxidation sites excluding steroid dienone is 1. The molecule has 0 amide bonds. The van der Waals surface area contributed by atoms with E-state index in [0.29, 0.717) is 17.4 Å². The molecule has 0 unspecified atom stereocenters. The van der Waals surface area contributed by atoms with Crippen molar-refractivity contribution in [3.05, 3.63) is 72.3 Å². The quantitative estimate of drug-likeness (QED) is 0.471. The molecule has 0 bridgehead atoms. The monoisotopic (exact) mass is 322 g/mol. The van der Waals surface area contributed by atoms with Gasteiger partial charge in [0, 0.05) is 11.5 Å². The standard InChI is InChI=1S/C22H20F2/c1-2-16-3-5-17(6-4-16)7-8-18-9-11-19(12-10-18)20-13-14-21(23)22(24)15-20/h2,9-17H,1,3-6H2/t16-,17-. The second-order valence-electron chi connectivity index (χ2n) is 6.32. The highest BCUT2D eigenvalue weighted by Crippen LogP contribution is 2.29. The average Bonchev–Trinajstić information content (AvgIpc) is 2.63. The third-order valence-corrected chi connectivity index (χ3v) is 4.66. The first kappa shape index (κ1) is 16.5. The molecule has 2 heteroatoms. The second-order valence-corrected chi connectivity index (χ2v) is 6.32. The lowest BCUT2D eigenvalue weighted by atomic mass is 9.82. The molecule has 0 aliphatic heterocycles. The Bertz CT molecular complexity index is 770. The van der Waals surface area contributed by atoms with Gasteiger partial charge in [-0.25, -0.2) is 8.78 Å². The zero-order valence-corrected chi connectivity index (χ0v) is 13.6. The maximum atomic E-state index is 13.3. The number of halogens is 2. The normalized spacial score (nSPS) is 20.1. The molecule has 0 spiro atoms. The third kappa shape index (κ3) is 3.92. The molecule has 0 atom stereocenters. The summed E-state index contributed by atoms with van der Waals surface area (Å²) in [6.45, 7) is 3.87. The van der Waals surface area contributed by atoms with Crippen molar-refractivity contribution in [1.82, 2.24) is 0 Å². The van der Waals surface area contributed by atoms with Crippen LogP contribution in [0.1, 0.15) is 31.2 Å². The molecule has 3 rings (SSSR count). The summed E-state index contributed by atoms with van der Waals surface area (Å²) in [6.07, 6.45) is 6.68. The highest BCUT2D eigenvalue weighted by atomic mass is 19.2.